The lowest BCUT2D eigenvalue weighted by molar-refractivity contribution is 0.161. The van der Waals surface area contributed by atoms with Crippen LogP contribution in [0.3, 0.4) is 0 Å². The zero-order chi connectivity index (χ0) is 15.8. The molecule has 3 unspecified atom stereocenters. The van der Waals surface area contributed by atoms with Crippen molar-refractivity contribution in [2.24, 2.45) is 4.99 Å². The van der Waals surface area contributed by atoms with Gasteiger partial charge in [-0.05, 0) is 58.4 Å². The van der Waals surface area contributed by atoms with Crippen molar-refractivity contribution < 1.29 is 0 Å². The minimum absolute atomic E-state index is 0.601. The summed E-state index contributed by atoms with van der Waals surface area (Å²) in [5, 5.41) is 7.92. The number of likely N-dealkylation sites (tertiary alicyclic amines) is 1. The van der Waals surface area contributed by atoms with Crippen molar-refractivity contribution in [2.45, 2.75) is 69.7 Å². The Kier molecular flexibility index (Phi) is 7.87. The quantitative estimate of drug-likeness (QED) is 0.581. The summed E-state index contributed by atoms with van der Waals surface area (Å²) in [7, 11) is 0. The summed E-state index contributed by atoms with van der Waals surface area (Å²) in [6.45, 7) is 8.69. The van der Waals surface area contributed by atoms with E-state index >= 15 is 0 Å². The number of piperidine rings is 1. The Morgan fingerprint density at radius 2 is 2.09 bits per heavy atom. The molecule has 0 amide bonds. The molecule has 128 valence electrons. The highest BCUT2D eigenvalue weighted by Crippen LogP contribution is 2.28. The van der Waals surface area contributed by atoms with Crippen LogP contribution in [0, 0.1) is 0 Å². The highest BCUT2D eigenvalue weighted by molar-refractivity contribution is 7.99. The van der Waals surface area contributed by atoms with Crippen molar-refractivity contribution in [1.82, 2.24) is 15.5 Å². The second-order valence-corrected chi connectivity index (χ2v) is 7.65. The van der Waals surface area contributed by atoms with Gasteiger partial charge in [0.1, 0.15) is 0 Å². The fourth-order valence-electron chi connectivity index (χ4n) is 3.68. The van der Waals surface area contributed by atoms with Gasteiger partial charge < -0.3 is 10.6 Å². The normalized spacial score (nSPS) is 30.5. The number of guanidine groups is 1. The first kappa shape index (κ1) is 17.9. The molecule has 2 aliphatic rings. The van der Waals surface area contributed by atoms with E-state index < -0.39 is 0 Å². The first-order chi connectivity index (χ1) is 10.8. The van der Waals surface area contributed by atoms with Crippen molar-refractivity contribution in [3.05, 3.63) is 0 Å². The van der Waals surface area contributed by atoms with E-state index in [4.69, 9.17) is 4.99 Å². The van der Waals surface area contributed by atoms with E-state index in [1.807, 2.05) is 11.8 Å². The molecule has 1 aliphatic carbocycles. The minimum Gasteiger partial charge on any atom is -0.357 e. The Hall–Kier alpha value is -0.420. The second-order valence-electron chi connectivity index (χ2n) is 6.51. The van der Waals surface area contributed by atoms with E-state index in [-0.39, 0.29) is 0 Å². The van der Waals surface area contributed by atoms with Crippen LogP contribution in [0.15, 0.2) is 4.99 Å². The lowest BCUT2D eigenvalue weighted by Crippen LogP contribution is -2.45. The lowest BCUT2D eigenvalue weighted by Gasteiger charge is -2.34. The maximum atomic E-state index is 4.90. The summed E-state index contributed by atoms with van der Waals surface area (Å²) in [5.41, 5.74) is 0. The summed E-state index contributed by atoms with van der Waals surface area (Å²) < 4.78 is 0. The van der Waals surface area contributed by atoms with Crippen LogP contribution in [0.4, 0.5) is 0 Å². The highest BCUT2D eigenvalue weighted by Gasteiger charge is 2.25. The Bertz CT molecular complexity index is 348. The molecule has 2 N–H and O–H groups in total. The molecule has 1 aliphatic heterocycles. The number of hydrogen-bond acceptors (Lipinski definition) is 3. The third-order valence-electron chi connectivity index (χ3n) is 5.02. The molecule has 4 nitrogen and oxygen atoms in total. The van der Waals surface area contributed by atoms with E-state index in [2.05, 4.69) is 35.6 Å². The molecule has 0 radical (unpaired) electrons. The summed E-state index contributed by atoms with van der Waals surface area (Å²) in [6.07, 6.45) is 10.1. The zero-order valence-electron chi connectivity index (χ0n) is 14.6. The largest absolute Gasteiger partial charge is 0.357 e. The average Bonchev–Trinajstić information content (AvgIpc) is 3.00. The molecular weight excluding hydrogens is 292 g/mol. The van der Waals surface area contributed by atoms with Crippen molar-refractivity contribution in [2.75, 3.05) is 32.4 Å². The van der Waals surface area contributed by atoms with E-state index in [9.17, 15) is 0 Å². The minimum atomic E-state index is 0.601. The lowest BCUT2D eigenvalue weighted by atomic mass is 10.0. The van der Waals surface area contributed by atoms with Gasteiger partial charge in [-0.2, -0.15) is 11.8 Å². The first-order valence-corrected chi connectivity index (χ1v) is 10.4. The van der Waals surface area contributed by atoms with Gasteiger partial charge in [-0.1, -0.05) is 13.3 Å². The molecule has 0 aromatic heterocycles. The van der Waals surface area contributed by atoms with Gasteiger partial charge in [0, 0.05) is 23.9 Å². The van der Waals surface area contributed by atoms with Crippen LogP contribution in [-0.2, 0) is 0 Å². The summed E-state index contributed by atoms with van der Waals surface area (Å²) in [5.74, 6) is 1.02. The van der Waals surface area contributed by atoms with E-state index in [0.29, 0.717) is 12.1 Å². The fraction of sp³-hybridized carbons (Fsp3) is 0.941. The van der Waals surface area contributed by atoms with Gasteiger partial charge >= 0.3 is 0 Å². The van der Waals surface area contributed by atoms with Crippen LogP contribution in [0.1, 0.15) is 52.4 Å². The van der Waals surface area contributed by atoms with Crippen LogP contribution in [0.5, 0.6) is 0 Å². The highest BCUT2D eigenvalue weighted by atomic mass is 32.2. The number of nitrogens with one attached hydrogen (secondary N) is 2. The molecule has 0 spiro atoms. The number of hydrogen-bond donors (Lipinski definition) is 2. The van der Waals surface area contributed by atoms with Gasteiger partial charge in [-0.3, -0.25) is 9.89 Å². The number of aliphatic imine (C=N–C) groups is 1. The third kappa shape index (κ3) is 5.34. The molecule has 3 atom stereocenters. The molecule has 0 bridgehead atoms. The predicted molar refractivity (Wildman–Crippen MR) is 98.9 cm³/mol. The summed E-state index contributed by atoms with van der Waals surface area (Å²) >= 11 is 2.01. The summed E-state index contributed by atoms with van der Waals surface area (Å²) in [6, 6.07) is 1.24. The third-order valence-corrected chi connectivity index (χ3v) is 6.11. The van der Waals surface area contributed by atoms with Crippen molar-refractivity contribution in [1.29, 1.82) is 0 Å². The summed E-state index contributed by atoms with van der Waals surface area (Å²) in [4.78, 5) is 7.49. The SMILES string of the molecule is CCNC(=NCC1CCCCN1CC)NC1CCC(SC)C1. The molecule has 2 fully saturated rings. The zero-order valence-corrected chi connectivity index (χ0v) is 15.4. The van der Waals surface area contributed by atoms with Crippen LogP contribution in [-0.4, -0.2) is 60.6 Å². The van der Waals surface area contributed by atoms with Gasteiger partial charge in [-0.25, -0.2) is 0 Å². The molecule has 22 heavy (non-hydrogen) atoms. The van der Waals surface area contributed by atoms with Gasteiger partial charge in [0.2, 0.25) is 0 Å². The van der Waals surface area contributed by atoms with Crippen LogP contribution in [0.2, 0.25) is 0 Å². The topological polar surface area (TPSA) is 39.7 Å². The molecule has 1 saturated carbocycles. The number of nitrogens with zero attached hydrogens (tertiary/aromatic N) is 2. The Morgan fingerprint density at radius 1 is 1.23 bits per heavy atom. The Labute approximate surface area is 140 Å². The number of likely N-dealkylation sites (N-methyl/N-ethyl adjacent to an activating group) is 1. The molecule has 1 heterocycles. The predicted octanol–water partition coefficient (Wildman–Crippen LogP) is 2.70. The molecule has 0 aromatic rings. The van der Waals surface area contributed by atoms with Crippen LogP contribution >= 0.6 is 11.8 Å². The van der Waals surface area contributed by atoms with Gasteiger partial charge in [-0.15, -0.1) is 0 Å². The van der Waals surface area contributed by atoms with E-state index in [0.717, 1.165) is 30.8 Å². The van der Waals surface area contributed by atoms with E-state index in [1.165, 1.54) is 45.1 Å². The molecule has 2 rings (SSSR count). The molecule has 0 aromatic carbocycles. The fourth-order valence-corrected chi connectivity index (χ4v) is 4.47. The smallest absolute Gasteiger partial charge is 0.191 e. The van der Waals surface area contributed by atoms with Crippen molar-refractivity contribution >= 4 is 17.7 Å². The van der Waals surface area contributed by atoms with Crippen molar-refractivity contribution in [3.63, 3.8) is 0 Å². The van der Waals surface area contributed by atoms with Crippen molar-refractivity contribution in [3.8, 4) is 0 Å². The number of thioether (sulfide) groups is 1. The van der Waals surface area contributed by atoms with Gasteiger partial charge in [0.15, 0.2) is 5.96 Å². The molecule has 1 saturated heterocycles. The maximum Gasteiger partial charge on any atom is 0.191 e. The van der Waals surface area contributed by atoms with Crippen LogP contribution < -0.4 is 10.6 Å². The van der Waals surface area contributed by atoms with E-state index in [1.54, 1.807) is 0 Å². The average molecular weight is 327 g/mol. The first-order valence-electron chi connectivity index (χ1n) is 9.08. The molecular formula is C17H34N4S. The number of rotatable bonds is 6. The maximum absolute atomic E-state index is 4.90. The van der Waals surface area contributed by atoms with Crippen LogP contribution in [0.25, 0.3) is 0 Å². The van der Waals surface area contributed by atoms with Gasteiger partial charge in [0.25, 0.3) is 0 Å². The second kappa shape index (κ2) is 9.66. The van der Waals surface area contributed by atoms with Gasteiger partial charge in [0.05, 0.1) is 6.54 Å². The standard InChI is InChI=1S/C17H34N4S/c1-4-18-17(20-14-9-10-16(12-14)22-3)19-13-15-8-6-7-11-21(15)5-2/h14-16H,4-13H2,1-3H3,(H2,18,19,20). The monoisotopic (exact) mass is 326 g/mol. The molecule has 5 heteroatoms. The Morgan fingerprint density at radius 3 is 2.77 bits per heavy atom. The Balaban J connectivity index is 1.86.